The first-order valence-electron chi connectivity index (χ1n) is 10.2. The first kappa shape index (κ1) is 19.7. The maximum absolute atomic E-state index is 12.2. The number of carbonyl (C=O) groups excluding carboxylic acids is 2. The molecule has 0 spiro atoms. The molecule has 6 heteroatoms. The number of carbonyl (C=O) groups is 2. The van der Waals surface area contributed by atoms with E-state index in [1.807, 2.05) is 0 Å². The van der Waals surface area contributed by atoms with Crippen LogP contribution in [0.1, 0.15) is 43.2 Å². The van der Waals surface area contributed by atoms with Gasteiger partial charge in [0.15, 0.2) is 0 Å². The zero-order chi connectivity index (χ0) is 19.2. The number of hydrogen-bond acceptors (Lipinski definition) is 4. The van der Waals surface area contributed by atoms with Crippen LogP contribution in [-0.4, -0.2) is 55.6 Å². The second-order valence-electron chi connectivity index (χ2n) is 7.84. The molecular weight excluding hydrogens is 340 g/mol. The van der Waals surface area contributed by atoms with Crippen molar-refractivity contribution >= 4 is 17.6 Å². The van der Waals surface area contributed by atoms with Crippen molar-refractivity contribution in [3.63, 3.8) is 0 Å². The van der Waals surface area contributed by atoms with Crippen LogP contribution in [0.4, 0.5) is 10.5 Å². The third-order valence-electron chi connectivity index (χ3n) is 5.85. The molecule has 148 valence electrons. The molecule has 1 aliphatic carbocycles. The maximum Gasteiger partial charge on any atom is 0.321 e. The van der Waals surface area contributed by atoms with Gasteiger partial charge in [-0.15, -0.1) is 0 Å². The van der Waals surface area contributed by atoms with Gasteiger partial charge in [-0.25, -0.2) is 4.79 Å². The molecule has 0 atom stereocenters. The summed E-state index contributed by atoms with van der Waals surface area (Å²) in [5.41, 5.74) is 3.91. The number of nitrogens with one attached hydrogen (secondary N) is 2. The zero-order valence-corrected chi connectivity index (χ0v) is 16.6. The Bertz CT molecular complexity index is 662. The number of piperazine rings is 1. The molecule has 27 heavy (non-hydrogen) atoms. The minimum Gasteiger partial charge on any atom is -0.369 e. The number of imide groups is 1. The summed E-state index contributed by atoms with van der Waals surface area (Å²) in [5, 5.41) is 5.42. The molecule has 1 saturated carbocycles. The van der Waals surface area contributed by atoms with Crippen LogP contribution in [0, 0.1) is 13.8 Å². The van der Waals surface area contributed by atoms with Gasteiger partial charge in [0.2, 0.25) is 5.91 Å². The van der Waals surface area contributed by atoms with Crippen molar-refractivity contribution in [3.8, 4) is 0 Å². The van der Waals surface area contributed by atoms with Gasteiger partial charge in [0, 0.05) is 37.9 Å². The Hall–Kier alpha value is -2.08. The van der Waals surface area contributed by atoms with Gasteiger partial charge in [-0.2, -0.15) is 0 Å². The van der Waals surface area contributed by atoms with Gasteiger partial charge < -0.3 is 10.2 Å². The highest BCUT2D eigenvalue weighted by Gasteiger charge is 2.22. The zero-order valence-electron chi connectivity index (χ0n) is 16.6. The highest BCUT2D eigenvalue weighted by atomic mass is 16.2. The maximum atomic E-state index is 12.2. The molecule has 1 aromatic rings. The molecule has 2 N–H and O–H groups in total. The fraction of sp³-hybridized carbons (Fsp3) is 0.619. The molecule has 1 heterocycles. The molecule has 2 aliphatic rings. The first-order valence-corrected chi connectivity index (χ1v) is 10.2. The van der Waals surface area contributed by atoms with Crippen LogP contribution < -0.4 is 15.5 Å². The Morgan fingerprint density at radius 1 is 1.04 bits per heavy atom. The molecule has 0 aromatic heterocycles. The Morgan fingerprint density at radius 2 is 1.74 bits per heavy atom. The largest absolute Gasteiger partial charge is 0.369 e. The van der Waals surface area contributed by atoms with Gasteiger partial charge >= 0.3 is 6.03 Å². The highest BCUT2D eigenvalue weighted by molar-refractivity contribution is 5.95. The van der Waals surface area contributed by atoms with E-state index in [1.54, 1.807) is 0 Å². The van der Waals surface area contributed by atoms with Crippen molar-refractivity contribution in [2.24, 2.45) is 0 Å². The van der Waals surface area contributed by atoms with E-state index in [2.05, 4.69) is 52.5 Å². The molecule has 3 amide bonds. The molecule has 0 bridgehead atoms. The summed E-state index contributed by atoms with van der Waals surface area (Å²) in [5.74, 6) is -0.219. The van der Waals surface area contributed by atoms with E-state index in [4.69, 9.17) is 0 Å². The average molecular weight is 373 g/mol. The van der Waals surface area contributed by atoms with E-state index in [0.29, 0.717) is 0 Å². The Labute approximate surface area is 162 Å². The van der Waals surface area contributed by atoms with Gasteiger partial charge in [-0.3, -0.25) is 15.0 Å². The van der Waals surface area contributed by atoms with Crippen LogP contribution in [-0.2, 0) is 4.79 Å². The summed E-state index contributed by atoms with van der Waals surface area (Å²) in [7, 11) is 0. The molecule has 1 aliphatic heterocycles. The lowest BCUT2D eigenvalue weighted by atomic mass is 9.96. The van der Waals surface area contributed by atoms with Crippen molar-refractivity contribution in [2.45, 2.75) is 52.0 Å². The SMILES string of the molecule is Cc1cccc(N2CCN(CC(=O)NC(=O)NC3CCCCC3)CC2)c1C. The lowest BCUT2D eigenvalue weighted by molar-refractivity contribution is -0.121. The van der Waals surface area contributed by atoms with E-state index in [0.717, 1.165) is 51.9 Å². The minimum absolute atomic E-state index is 0.215. The summed E-state index contributed by atoms with van der Waals surface area (Å²) in [6, 6.07) is 6.27. The van der Waals surface area contributed by atoms with Gasteiger partial charge in [0.05, 0.1) is 6.54 Å². The van der Waals surface area contributed by atoms with E-state index in [-0.39, 0.29) is 24.5 Å². The summed E-state index contributed by atoms with van der Waals surface area (Å²) >= 11 is 0. The predicted molar refractivity (Wildman–Crippen MR) is 108 cm³/mol. The highest BCUT2D eigenvalue weighted by Crippen LogP contribution is 2.23. The quantitative estimate of drug-likeness (QED) is 0.853. The van der Waals surface area contributed by atoms with Crippen molar-refractivity contribution < 1.29 is 9.59 Å². The molecule has 1 saturated heterocycles. The monoisotopic (exact) mass is 372 g/mol. The van der Waals surface area contributed by atoms with Crippen LogP contribution in [0.5, 0.6) is 0 Å². The number of amides is 3. The normalized spacial score (nSPS) is 19.0. The summed E-state index contributed by atoms with van der Waals surface area (Å²) in [6.45, 7) is 8.01. The van der Waals surface area contributed by atoms with Gasteiger partial charge in [0.25, 0.3) is 0 Å². The van der Waals surface area contributed by atoms with Crippen molar-refractivity contribution in [3.05, 3.63) is 29.3 Å². The number of anilines is 1. The Kier molecular flexibility index (Phi) is 6.72. The van der Waals surface area contributed by atoms with Crippen LogP contribution >= 0.6 is 0 Å². The summed E-state index contributed by atoms with van der Waals surface area (Å²) in [6.07, 6.45) is 5.59. The van der Waals surface area contributed by atoms with Gasteiger partial charge in [-0.1, -0.05) is 31.4 Å². The second kappa shape index (κ2) is 9.22. The van der Waals surface area contributed by atoms with Crippen molar-refractivity contribution in [1.29, 1.82) is 0 Å². The Morgan fingerprint density at radius 3 is 2.44 bits per heavy atom. The molecule has 2 fully saturated rings. The number of benzene rings is 1. The van der Waals surface area contributed by atoms with E-state index in [9.17, 15) is 9.59 Å². The molecular formula is C21H32N4O2. The van der Waals surface area contributed by atoms with Gasteiger partial charge in [0.1, 0.15) is 0 Å². The van der Waals surface area contributed by atoms with Crippen LogP contribution in [0.15, 0.2) is 18.2 Å². The first-order chi connectivity index (χ1) is 13.0. The molecule has 0 unspecified atom stereocenters. The molecule has 1 aromatic carbocycles. The summed E-state index contributed by atoms with van der Waals surface area (Å²) in [4.78, 5) is 28.7. The topological polar surface area (TPSA) is 64.7 Å². The van der Waals surface area contributed by atoms with Crippen LogP contribution in [0.3, 0.4) is 0 Å². The number of rotatable bonds is 4. The Balaban J connectivity index is 1.41. The van der Waals surface area contributed by atoms with E-state index >= 15 is 0 Å². The minimum atomic E-state index is -0.346. The lowest BCUT2D eigenvalue weighted by Gasteiger charge is -2.36. The van der Waals surface area contributed by atoms with E-state index in [1.165, 1.54) is 23.2 Å². The fourth-order valence-corrected chi connectivity index (χ4v) is 4.06. The number of aryl methyl sites for hydroxylation is 1. The third kappa shape index (κ3) is 5.45. The lowest BCUT2D eigenvalue weighted by Crippen LogP contribution is -2.52. The second-order valence-corrected chi connectivity index (χ2v) is 7.84. The fourth-order valence-electron chi connectivity index (χ4n) is 4.06. The van der Waals surface area contributed by atoms with Crippen LogP contribution in [0.2, 0.25) is 0 Å². The van der Waals surface area contributed by atoms with Crippen molar-refractivity contribution in [1.82, 2.24) is 15.5 Å². The molecule has 6 nitrogen and oxygen atoms in total. The van der Waals surface area contributed by atoms with Crippen LogP contribution in [0.25, 0.3) is 0 Å². The number of hydrogen-bond donors (Lipinski definition) is 2. The summed E-state index contributed by atoms with van der Waals surface area (Å²) < 4.78 is 0. The van der Waals surface area contributed by atoms with Crippen molar-refractivity contribution in [2.75, 3.05) is 37.6 Å². The molecule has 3 rings (SSSR count). The predicted octanol–water partition coefficient (Wildman–Crippen LogP) is 2.58. The third-order valence-corrected chi connectivity index (χ3v) is 5.85. The van der Waals surface area contributed by atoms with Gasteiger partial charge in [-0.05, 0) is 43.9 Å². The standard InChI is InChI=1S/C21H32N4O2/c1-16-7-6-10-19(17(16)2)25-13-11-24(12-14-25)15-20(26)23-21(27)22-18-8-4-3-5-9-18/h6-7,10,18H,3-5,8-9,11-15H2,1-2H3,(H2,22,23,26,27). The number of urea groups is 1. The number of nitrogens with zero attached hydrogens (tertiary/aromatic N) is 2. The average Bonchev–Trinajstić information content (AvgIpc) is 2.65. The molecule has 0 radical (unpaired) electrons. The van der Waals surface area contributed by atoms with E-state index < -0.39 is 0 Å². The smallest absolute Gasteiger partial charge is 0.321 e.